The number of rotatable bonds is 6. The van der Waals surface area contributed by atoms with Crippen LogP contribution < -0.4 is 0 Å². The summed E-state index contributed by atoms with van der Waals surface area (Å²) >= 11 is 3.42. The van der Waals surface area contributed by atoms with Crippen LogP contribution in [0, 0.1) is 0 Å². The lowest BCUT2D eigenvalue weighted by molar-refractivity contribution is 0.121. The second-order valence-corrected chi connectivity index (χ2v) is 6.74. The fourth-order valence-electron chi connectivity index (χ4n) is 1.22. The average molecular weight is 307 g/mol. The molecule has 0 heterocycles. The predicted octanol–water partition coefficient (Wildman–Crippen LogP) is 2.40. The Kier molecular flexibility index (Phi) is 5.44. The summed E-state index contributed by atoms with van der Waals surface area (Å²) in [6.45, 7) is 0.972. The first-order chi connectivity index (χ1) is 7.49. The Labute approximate surface area is 105 Å². The molecule has 1 rings (SSSR count). The van der Waals surface area contributed by atoms with E-state index in [2.05, 4.69) is 15.9 Å². The largest absolute Gasteiger partial charge is 0.377 e. The Morgan fingerprint density at radius 1 is 1.31 bits per heavy atom. The highest BCUT2D eigenvalue weighted by molar-refractivity contribution is 9.10. The third kappa shape index (κ3) is 5.63. The molecule has 0 fully saturated rings. The summed E-state index contributed by atoms with van der Waals surface area (Å²) in [5.74, 6) is 0.183. The van der Waals surface area contributed by atoms with Crippen LogP contribution in [0.4, 0.5) is 0 Å². The second kappa shape index (κ2) is 6.37. The van der Waals surface area contributed by atoms with Gasteiger partial charge in [0, 0.05) is 17.3 Å². The minimum atomic E-state index is -2.87. The van der Waals surface area contributed by atoms with Gasteiger partial charge in [-0.05, 0) is 18.1 Å². The van der Waals surface area contributed by atoms with Gasteiger partial charge in [0.2, 0.25) is 0 Å². The zero-order valence-corrected chi connectivity index (χ0v) is 11.6. The van der Waals surface area contributed by atoms with Crippen LogP contribution in [0.15, 0.2) is 28.7 Å². The fourth-order valence-corrected chi connectivity index (χ4v) is 2.26. The van der Waals surface area contributed by atoms with Crippen molar-refractivity contribution in [3.8, 4) is 0 Å². The lowest BCUT2D eigenvalue weighted by Crippen LogP contribution is -2.06. The van der Waals surface area contributed by atoms with Gasteiger partial charge in [-0.25, -0.2) is 8.42 Å². The Bertz CT molecular complexity index is 429. The molecule has 0 amide bonds. The van der Waals surface area contributed by atoms with Gasteiger partial charge in [-0.2, -0.15) is 0 Å². The standard InChI is InChI=1S/C11H15BrO3S/c1-16(13,14)8-4-7-15-9-10-5-2-3-6-11(10)12/h2-3,5-6H,4,7-9H2,1H3. The summed E-state index contributed by atoms with van der Waals surface area (Å²) in [7, 11) is -2.87. The Balaban J connectivity index is 2.24. The number of halogens is 1. The molecule has 0 saturated carbocycles. The normalized spacial score (nSPS) is 11.6. The van der Waals surface area contributed by atoms with Crippen molar-refractivity contribution in [3.63, 3.8) is 0 Å². The first-order valence-electron chi connectivity index (χ1n) is 4.98. The molecule has 0 unspecified atom stereocenters. The van der Waals surface area contributed by atoms with E-state index in [9.17, 15) is 8.42 Å². The van der Waals surface area contributed by atoms with Crippen molar-refractivity contribution in [2.75, 3.05) is 18.6 Å². The monoisotopic (exact) mass is 306 g/mol. The van der Waals surface area contributed by atoms with Gasteiger partial charge in [0.15, 0.2) is 0 Å². The highest BCUT2D eigenvalue weighted by atomic mass is 79.9. The summed E-state index contributed by atoms with van der Waals surface area (Å²) in [6, 6.07) is 7.81. The summed E-state index contributed by atoms with van der Waals surface area (Å²) in [5, 5.41) is 0. The molecule has 90 valence electrons. The minimum absolute atomic E-state index is 0.183. The molecule has 1 aromatic rings. The zero-order valence-electron chi connectivity index (χ0n) is 9.15. The van der Waals surface area contributed by atoms with E-state index in [-0.39, 0.29) is 5.75 Å². The summed E-state index contributed by atoms with van der Waals surface area (Å²) in [4.78, 5) is 0. The maximum absolute atomic E-state index is 10.9. The number of hydrogen-bond acceptors (Lipinski definition) is 3. The topological polar surface area (TPSA) is 43.4 Å². The molecule has 0 radical (unpaired) electrons. The van der Waals surface area contributed by atoms with Crippen LogP contribution in [0.2, 0.25) is 0 Å². The molecule has 0 aliphatic heterocycles. The lowest BCUT2D eigenvalue weighted by Gasteiger charge is -2.05. The van der Waals surface area contributed by atoms with Crippen molar-refractivity contribution in [3.05, 3.63) is 34.3 Å². The lowest BCUT2D eigenvalue weighted by atomic mass is 10.2. The van der Waals surface area contributed by atoms with Gasteiger partial charge >= 0.3 is 0 Å². The Hall–Kier alpha value is -0.390. The van der Waals surface area contributed by atoms with Gasteiger partial charge in [0.1, 0.15) is 9.84 Å². The van der Waals surface area contributed by atoms with E-state index < -0.39 is 9.84 Å². The van der Waals surface area contributed by atoms with Crippen molar-refractivity contribution in [1.29, 1.82) is 0 Å². The first-order valence-corrected chi connectivity index (χ1v) is 7.83. The number of hydrogen-bond donors (Lipinski definition) is 0. The molecule has 5 heteroatoms. The number of sulfone groups is 1. The fraction of sp³-hybridized carbons (Fsp3) is 0.455. The van der Waals surface area contributed by atoms with Gasteiger partial charge in [0.05, 0.1) is 12.4 Å². The molecule has 0 atom stereocenters. The van der Waals surface area contributed by atoms with E-state index in [1.54, 1.807) is 0 Å². The van der Waals surface area contributed by atoms with E-state index in [1.807, 2.05) is 24.3 Å². The molecule has 0 aliphatic rings. The average Bonchev–Trinajstić information content (AvgIpc) is 2.18. The molecule has 16 heavy (non-hydrogen) atoms. The van der Waals surface area contributed by atoms with Crippen molar-refractivity contribution in [2.45, 2.75) is 13.0 Å². The van der Waals surface area contributed by atoms with Crippen molar-refractivity contribution < 1.29 is 13.2 Å². The molecule has 1 aromatic carbocycles. The highest BCUT2D eigenvalue weighted by Crippen LogP contribution is 2.16. The molecular weight excluding hydrogens is 292 g/mol. The van der Waals surface area contributed by atoms with Crippen molar-refractivity contribution in [2.24, 2.45) is 0 Å². The molecule has 0 saturated heterocycles. The minimum Gasteiger partial charge on any atom is -0.377 e. The maximum atomic E-state index is 10.9. The van der Waals surface area contributed by atoms with Crippen LogP contribution in [-0.2, 0) is 21.2 Å². The van der Waals surface area contributed by atoms with Crippen LogP contribution in [0.3, 0.4) is 0 Å². The predicted molar refractivity (Wildman–Crippen MR) is 68.1 cm³/mol. The van der Waals surface area contributed by atoms with Gasteiger partial charge < -0.3 is 4.74 Å². The van der Waals surface area contributed by atoms with E-state index in [4.69, 9.17) is 4.74 Å². The molecule has 0 N–H and O–H groups in total. The van der Waals surface area contributed by atoms with Crippen molar-refractivity contribution in [1.82, 2.24) is 0 Å². The highest BCUT2D eigenvalue weighted by Gasteiger charge is 2.02. The van der Waals surface area contributed by atoms with Crippen LogP contribution in [0.25, 0.3) is 0 Å². The summed E-state index contributed by atoms with van der Waals surface area (Å²) in [6.07, 6.45) is 1.78. The zero-order chi connectivity index (χ0) is 12.0. The molecular formula is C11H15BrO3S. The van der Waals surface area contributed by atoms with Crippen LogP contribution in [0.5, 0.6) is 0 Å². The molecule has 3 nitrogen and oxygen atoms in total. The maximum Gasteiger partial charge on any atom is 0.147 e. The van der Waals surface area contributed by atoms with E-state index >= 15 is 0 Å². The first kappa shape index (κ1) is 13.7. The summed E-state index contributed by atoms with van der Waals surface area (Å²) in [5.41, 5.74) is 1.07. The van der Waals surface area contributed by atoms with E-state index in [0.29, 0.717) is 19.6 Å². The van der Waals surface area contributed by atoms with Crippen molar-refractivity contribution >= 4 is 25.8 Å². The van der Waals surface area contributed by atoms with Crippen LogP contribution in [0.1, 0.15) is 12.0 Å². The molecule has 0 aromatic heterocycles. The molecule has 0 spiro atoms. The van der Waals surface area contributed by atoms with E-state index in [1.165, 1.54) is 6.26 Å². The molecule has 0 bridgehead atoms. The number of ether oxygens (including phenoxy) is 1. The molecule has 0 aliphatic carbocycles. The van der Waals surface area contributed by atoms with Gasteiger partial charge in [0.25, 0.3) is 0 Å². The Morgan fingerprint density at radius 2 is 2.00 bits per heavy atom. The van der Waals surface area contributed by atoms with Crippen LogP contribution >= 0.6 is 15.9 Å². The third-order valence-corrected chi connectivity index (χ3v) is 3.82. The van der Waals surface area contributed by atoms with Gasteiger partial charge in [-0.15, -0.1) is 0 Å². The third-order valence-electron chi connectivity index (χ3n) is 2.02. The van der Waals surface area contributed by atoms with E-state index in [0.717, 1.165) is 10.0 Å². The quantitative estimate of drug-likeness (QED) is 0.758. The van der Waals surface area contributed by atoms with Gasteiger partial charge in [-0.1, -0.05) is 34.1 Å². The smallest absolute Gasteiger partial charge is 0.147 e. The Morgan fingerprint density at radius 3 is 2.62 bits per heavy atom. The second-order valence-electron chi connectivity index (χ2n) is 3.63. The summed E-state index contributed by atoms with van der Waals surface area (Å²) < 4.78 is 28.1. The SMILES string of the molecule is CS(=O)(=O)CCCOCc1ccccc1Br. The van der Waals surface area contributed by atoms with Gasteiger partial charge in [-0.3, -0.25) is 0 Å². The van der Waals surface area contributed by atoms with Crippen LogP contribution in [-0.4, -0.2) is 27.0 Å². The number of benzene rings is 1.